The van der Waals surface area contributed by atoms with Gasteiger partial charge >= 0.3 is 0 Å². The summed E-state index contributed by atoms with van der Waals surface area (Å²) in [4.78, 5) is 16.3. The normalized spacial score (nSPS) is 21.9. The number of aryl methyl sites for hydroxylation is 2. The Morgan fingerprint density at radius 1 is 1.39 bits per heavy atom. The number of primary amides is 1. The summed E-state index contributed by atoms with van der Waals surface area (Å²) in [6.45, 7) is 4.12. The lowest BCUT2D eigenvalue weighted by molar-refractivity contribution is 0.100. The van der Waals surface area contributed by atoms with Crippen molar-refractivity contribution >= 4 is 22.5 Å². The Morgan fingerprint density at radius 3 is 2.70 bits per heavy atom. The minimum absolute atomic E-state index is 0.0826. The Labute approximate surface area is 132 Å². The molecule has 0 spiro atoms. The van der Waals surface area contributed by atoms with Gasteiger partial charge in [0, 0.05) is 30.2 Å². The number of piperidine rings is 1. The van der Waals surface area contributed by atoms with Crippen LogP contribution in [0.25, 0.3) is 10.9 Å². The van der Waals surface area contributed by atoms with Crippen LogP contribution in [-0.2, 0) is 0 Å². The number of benzene rings is 1. The van der Waals surface area contributed by atoms with Crippen molar-refractivity contribution in [1.82, 2.24) is 4.98 Å². The van der Waals surface area contributed by atoms with Crippen LogP contribution in [0.5, 0.6) is 0 Å². The molecule has 2 atom stereocenters. The number of carbonyl (C=O) groups excluding carboxylic acids is 1. The number of H-pyrrole nitrogens is 1. The third-order valence-corrected chi connectivity index (χ3v) is 4.52. The van der Waals surface area contributed by atoms with Crippen molar-refractivity contribution in [3.05, 3.63) is 28.7 Å². The summed E-state index contributed by atoms with van der Waals surface area (Å²) in [6, 6.07) is 0.757. The fourth-order valence-corrected chi connectivity index (χ4v) is 3.36. The van der Waals surface area contributed by atoms with Crippen molar-refractivity contribution in [1.29, 1.82) is 0 Å². The van der Waals surface area contributed by atoms with E-state index in [-0.39, 0.29) is 30.3 Å². The predicted octanol–water partition coefficient (Wildman–Crippen LogP) is 1.90. The zero-order chi connectivity index (χ0) is 16.9. The number of fused-ring (bicyclic) bond motifs is 1. The number of nitrogens with zero attached hydrogens (tertiary/aromatic N) is 1. The summed E-state index contributed by atoms with van der Waals surface area (Å²) in [5.41, 5.74) is 13.7. The van der Waals surface area contributed by atoms with Gasteiger partial charge in [0.15, 0.2) is 0 Å². The van der Waals surface area contributed by atoms with Gasteiger partial charge in [-0.05, 0) is 31.9 Å². The first-order valence-electron chi connectivity index (χ1n) is 7.55. The molecule has 1 aromatic carbocycles. The van der Waals surface area contributed by atoms with Crippen molar-refractivity contribution in [3.8, 4) is 0 Å². The van der Waals surface area contributed by atoms with Crippen molar-refractivity contribution in [2.75, 3.05) is 18.0 Å². The number of nitrogens with one attached hydrogen (secondary N) is 1. The van der Waals surface area contributed by atoms with Gasteiger partial charge in [-0.1, -0.05) is 0 Å². The van der Waals surface area contributed by atoms with Crippen LogP contribution in [0.1, 0.15) is 28.0 Å². The minimum Gasteiger partial charge on any atom is -0.366 e. The summed E-state index contributed by atoms with van der Waals surface area (Å²) in [7, 11) is 0. The first kappa shape index (κ1) is 15.7. The molecule has 1 aliphatic rings. The third kappa shape index (κ3) is 2.55. The Bertz CT molecular complexity index is 776. The van der Waals surface area contributed by atoms with Gasteiger partial charge in [-0.2, -0.15) is 0 Å². The molecule has 7 heteroatoms. The van der Waals surface area contributed by atoms with Crippen LogP contribution >= 0.6 is 0 Å². The highest BCUT2D eigenvalue weighted by molar-refractivity contribution is 6.10. The lowest BCUT2D eigenvalue weighted by atomic mass is 10.00. The van der Waals surface area contributed by atoms with Crippen molar-refractivity contribution in [3.63, 3.8) is 0 Å². The number of nitrogens with two attached hydrogens (primary N) is 2. The van der Waals surface area contributed by atoms with E-state index in [0.29, 0.717) is 17.4 Å². The van der Waals surface area contributed by atoms with Crippen LogP contribution in [0, 0.1) is 19.7 Å². The van der Waals surface area contributed by atoms with Gasteiger partial charge < -0.3 is 21.4 Å². The Hall–Kier alpha value is -2.15. The summed E-state index contributed by atoms with van der Waals surface area (Å²) in [6.07, 6.45) is -0.837. The maximum Gasteiger partial charge on any atom is 0.250 e. The molecule has 0 aliphatic carbocycles. The molecule has 2 heterocycles. The first-order chi connectivity index (χ1) is 10.8. The second-order valence-corrected chi connectivity index (χ2v) is 6.24. The summed E-state index contributed by atoms with van der Waals surface area (Å²) >= 11 is 0. The summed E-state index contributed by atoms with van der Waals surface area (Å²) < 4.78 is 28.6. The standard InChI is InChI=1S/C16H20F2N4O/c1-7-8(2)21-14-11(16(20)23)4-12(18)15(13(7)14)22-5-9(17)3-10(19)6-22/h4,9-10,21H,3,5-6,19H2,1-2H3,(H2,20,23)/t9-,10-/m0/s1. The molecule has 0 radical (unpaired) electrons. The van der Waals surface area contributed by atoms with Gasteiger partial charge in [-0.3, -0.25) is 4.79 Å². The number of alkyl halides is 1. The second-order valence-electron chi connectivity index (χ2n) is 6.24. The van der Waals surface area contributed by atoms with Crippen molar-refractivity contribution in [2.24, 2.45) is 11.5 Å². The van der Waals surface area contributed by atoms with E-state index in [1.807, 2.05) is 13.8 Å². The first-order valence-corrected chi connectivity index (χ1v) is 7.55. The van der Waals surface area contributed by atoms with Crippen LogP contribution < -0.4 is 16.4 Å². The maximum absolute atomic E-state index is 14.7. The van der Waals surface area contributed by atoms with Crippen LogP contribution in [0.15, 0.2) is 6.07 Å². The lowest BCUT2D eigenvalue weighted by Gasteiger charge is -2.35. The molecule has 5 N–H and O–H groups in total. The molecule has 0 saturated carbocycles. The minimum atomic E-state index is -1.11. The van der Waals surface area contributed by atoms with Crippen LogP contribution in [0.2, 0.25) is 0 Å². The highest BCUT2D eigenvalue weighted by Gasteiger charge is 2.30. The number of halogens is 2. The third-order valence-electron chi connectivity index (χ3n) is 4.52. The number of hydrogen-bond acceptors (Lipinski definition) is 3. The summed E-state index contributed by atoms with van der Waals surface area (Å²) in [5, 5.41) is 0.567. The molecule has 1 saturated heterocycles. The predicted molar refractivity (Wildman–Crippen MR) is 86.0 cm³/mol. The quantitative estimate of drug-likeness (QED) is 0.789. The van der Waals surface area contributed by atoms with E-state index in [2.05, 4.69) is 4.98 Å². The van der Waals surface area contributed by atoms with Gasteiger partial charge in [0.25, 0.3) is 5.91 Å². The van der Waals surface area contributed by atoms with Crippen LogP contribution in [0.4, 0.5) is 14.5 Å². The fourth-order valence-electron chi connectivity index (χ4n) is 3.36. The van der Waals surface area contributed by atoms with Gasteiger partial charge in [0.2, 0.25) is 0 Å². The molecule has 1 fully saturated rings. The smallest absolute Gasteiger partial charge is 0.250 e. The van der Waals surface area contributed by atoms with E-state index in [1.165, 1.54) is 0 Å². The molecule has 1 aliphatic heterocycles. The summed E-state index contributed by atoms with van der Waals surface area (Å²) in [5.74, 6) is -1.30. The number of hydrogen-bond donors (Lipinski definition) is 3. The number of anilines is 1. The van der Waals surface area contributed by atoms with E-state index in [9.17, 15) is 13.6 Å². The molecular weight excluding hydrogens is 302 g/mol. The number of rotatable bonds is 2. The highest BCUT2D eigenvalue weighted by Crippen LogP contribution is 2.37. The van der Waals surface area contributed by atoms with E-state index in [4.69, 9.17) is 11.5 Å². The molecule has 0 bridgehead atoms. The number of aromatic amines is 1. The van der Waals surface area contributed by atoms with Crippen molar-refractivity contribution in [2.45, 2.75) is 32.5 Å². The van der Waals surface area contributed by atoms with Crippen LogP contribution in [0.3, 0.4) is 0 Å². The Kier molecular flexibility index (Phi) is 3.75. The molecular formula is C16H20F2N4O. The van der Waals surface area contributed by atoms with E-state index >= 15 is 0 Å². The molecule has 3 rings (SSSR count). The number of carbonyl (C=O) groups is 1. The topological polar surface area (TPSA) is 88.1 Å². The van der Waals surface area contributed by atoms with Gasteiger partial charge in [-0.25, -0.2) is 8.78 Å². The number of aromatic nitrogens is 1. The molecule has 124 valence electrons. The van der Waals surface area contributed by atoms with Gasteiger partial charge in [0.1, 0.15) is 12.0 Å². The van der Waals surface area contributed by atoms with Crippen LogP contribution in [-0.4, -0.2) is 36.2 Å². The van der Waals surface area contributed by atoms with E-state index in [0.717, 1.165) is 17.3 Å². The zero-order valence-corrected chi connectivity index (χ0v) is 13.1. The van der Waals surface area contributed by atoms with E-state index < -0.39 is 17.9 Å². The lowest BCUT2D eigenvalue weighted by Crippen LogP contribution is -2.48. The zero-order valence-electron chi connectivity index (χ0n) is 13.1. The monoisotopic (exact) mass is 322 g/mol. The average Bonchev–Trinajstić information content (AvgIpc) is 2.73. The van der Waals surface area contributed by atoms with E-state index in [1.54, 1.807) is 4.90 Å². The Balaban J connectivity index is 2.26. The van der Waals surface area contributed by atoms with Crippen molar-refractivity contribution < 1.29 is 13.6 Å². The van der Waals surface area contributed by atoms with Gasteiger partial charge in [-0.15, -0.1) is 0 Å². The molecule has 0 unspecified atom stereocenters. The molecule has 1 aromatic heterocycles. The van der Waals surface area contributed by atoms with Gasteiger partial charge in [0.05, 0.1) is 16.8 Å². The average molecular weight is 322 g/mol. The molecule has 23 heavy (non-hydrogen) atoms. The second kappa shape index (κ2) is 5.49. The number of amides is 1. The molecule has 2 aromatic rings. The SMILES string of the molecule is Cc1[nH]c2c(C(N)=O)cc(F)c(N3C[C@@H](N)C[C@H](F)C3)c2c1C. The largest absolute Gasteiger partial charge is 0.366 e. The Morgan fingerprint density at radius 2 is 2.09 bits per heavy atom. The molecule has 1 amide bonds. The maximum atomic E-state index is 14.7. The fraction of sp³-hybridized carbons (Fsp3) is 0.438. The molecule has 5 nitrogen and oxygen atoms in total. The highest BCUT2D eigenvalue weighted by atomic mass is 19.1.